The van der Waals surface area contributed by atoms with Crippen molar-refractivity contribution >= 4 is 11.3 Å². The van der Waals surface area contributed by atoms with Crippen LogP contribution in [0.5, 0.6) is 0 Å². The van der Waals surface area contributed by atoms with Gasteiger partial charge in [0.15, 0.2) is 0 Å². The van der Waals surface area contributed by atoms with Gasteiger partial charge in [0.1, 0.15) is 5.01 Å². The van der Waals surface area contributed by atoms with Crippen LogP contribution in [0.15, 0.2) is 0 Å². The van der Waals surface area contributed by atoms with Gasteiger partial charge in [0.25, 0.3) is 0 Å². The molecule has 0 bridgehead atoms. The van der Waals surface area contributed by atoms with Crippen LogP contribution in [-0.2, 0) is 19.4 Å². The first kappa shape index (κ1) is 8.16. The minimum Gasteiger partial charge on any atom is -0.271 e. The fraction of sp³-hybridized carbons (Fsp3) is 0.625. The zero-order chi connectivity index (χ0) is 8.39. The summed E-state index contributed by atoms with van der Waals surface area (Å²) < 4.78 is 0. The second-order valence-electron chi connectivity index (χ2n) is 3.07. The Morgan fingerprint density at radius 2 is 2.25 bits per heavy atom. The van der Waals surface area contributed by atoms with Crippen LogP contribution in [0.25, 0.3) is 0 Å². The Hall–Kier alpha value is -0.450. The zero-order valence-electron chi connectivity index (χ0n) is 6.97. The predicted octanol–water partition coefficient (Wildman–Crippen LogP) is 0.985. The molecule has 0 amide bonds. The summed E-state index contributed by atoms with van der Waals surface area (Å²) in [6.45, 7) is 0.706. The SMILES string of the molecule is NNCc1nc2c(s1)CCCC2. The fourth-order valence-corrected chi connectivity index (χ4v) is 2.68. The average Bonchev–Trinajstić information content (AvgIpc) is 2.47. The van der Waals surface area contributed by atoms with Crippen LogP contribution in [0.1, 0.15) is 28.4 Å². The third-order valence-electron chi connectivity index (χ3n) is 2.14. The van der Waals surface area contributed by atoms with Gasteiger partial charge in [-0.25, -0.2) is 4.98 Å². The summed E-state index contributed by atoms with van der Waals surface area (Å²) in [5, 5.41) is 1.13. The second kappa shape index (κ2) is 3.51. The quantitative estimate of drug-likeness (QED) is 0.531. The van der Waals surface area contributed by atoms with Gasteiger partial charge >= 0.3 is 0 Å². The van der Waals surface area contributed by atoms with Crippen molar-refractivity contribution in [2.75, 3.05) is 0 Å². The Bertz CT molecular complexity index is 246. The smallest absolute Gasteiger partial charge is 0.108 e. The Balaban J connectivity index is 2.20. The molecule has 0 spiro atoms. The highest BCUT2D eigenvalue weighted by molar-refractivity contribution is 7.11. The molecule has 12 heavy (non-hydrogen) atoms. The summed E-state index contributed by atoms with van der Waals surface area (Å²) in [6.07, 6.45) is 5.00. The summed E-state index contributed by atoms with van der Waals surface area (Å²) in [7, 11) is 0. The lowest BCUT2D eigenvalue weighted by Crippen LogP contribution is -2.20. The van der Waals surface area contributed by atoms with Crippen LogP contribution < -0.4 is 11.3 Å². The molecule has 1 heterocycles. The highest BCUT2D eigenvalue weighted by Crippen LogP contribution is 2.26. The number of nitrogens with two attached hydrogens (primary N) is 1. The zero-order valence-corrected chi connectivity index (χ0v) is 7.78. The van der Waals surface area contributed by atoms with Gasteiger partial charge in [0, 0.05) is 4.88 Å². The van der Waals surface area contributed by atoms with E-state index < -0.39 is 0 Å². The number of nitrogens with one attached hydrogen (secondary N) is 1. The van der Waals surface area contributed by atoms with Gasteiger partial charge in [0.2, 0.25) is 0 Å². The summed E-state index contributed by atoms with van der Waals surface area (Å²) in [6, 6.07) is 0. The summed E-state index contributed by atoms with van der Waals surface area (Å²) >= 11 is 1.81. The first-order valence-electron chi connectivity index (χ1n) is 4.31. The lowest BCUT2D eigenvalue weighted by atomic mass is 10.0. The topological polar surface area (TPSA) is 50.9 Å². The maximum Gasteiger partial charge on any atom is 0.108 e. The molecule has 1 aliphatic carbocycles. The van der Waals surface area contributed by atoms with Crippen molar-refractivity contribution in [3.63, 3.8) is 0 Å². The van der Waals surface area contributed by atoms with E-state index in [1.54, 1.807) is 11.3 Å². The van der Waals surface area contributed by atoms with Crippen LogP contribution in [-0.4, -0.2) is 4.98 Å². The Morgan fingerprint density at radius 3 is 3.00 bits per heavy atom. The van der Waals surface area contributed by atoms with Gasteiger partial charge < -0.3 is 0 Å². The molecular weight excluding hydrogens is 170 g/mol. The Kier molecular flexibility index (Phi) is 2.39. The molecular formula is C8H13N3S. The molecule has 0 aliphatic heterocycles. The molecule has 4 heteroatoms. The van der Waals surface area contributed by atoms with Gasteiger partial charge in [0.05, 0.1) is 12.2 Å². The number of hydrogen-bond donors (Lipinski definition) is 2. The maximum atomic E-state index is 5.24. The normalized spacial score (nSPS) is 16.1. The number of hydrogen-bond acceptors (Lipinski definition) is 4. The molecule has 3 nitrogen and oxygen atoms in total. The van der Waals surface area contributed by atoms with E-state index in [0.29, 0.717) is 6.54 Å². The molecule has 1 aromatic heterocycles. The van der Waals surface area contributed by atoms with E-state index >= 15 is 0 Å². The number of fused-ring (bicyclic) bond motifs is 1. The summed E-state index contributed by atoms with van der Waals surface area (Å²) in [5.74, 6) is 5.24. The lowest BCUT2D eigenvalue weighted by molar-refractivity contribution is 0.675. The van der Waals surface area contributed by atoms with E-state index in [-0.39, 0.29) is 0 Å². The van der Waals surface area contributed by atoms with Gasteiger partial charge in [-0.1, -0.05) is 0 Å². The van der Waals surface area contributed by atoms with E-state index in [1.165, 1.54) is 29.8 Å². The molecule has 0 unspecified atom stereocenters. The van der Waals surface area contributed by atoms with Crippen LogP contribution in [0, 0.1) is 0 Å². The number of thiazole rings is 1. The van der Waals surface area contributed by atoms with Gasteiger partial charge in [-0.05, 0) is 25.7 Å². The van der Waals surface area contributed by atoms with Gasteiger partial charge in [-0.2, -0.15) is 0 Å². The summed E-state index contributed by atoms with van der Waals surface area (Å²) in [5.41, 5.74) is 3.96. The van der Waals surface area contributed by atoms with Crippen LogP contribution in [0.3, 0.4) is 0 Å². The molecule has 0 saturated carbocycles. The number of rotatable bonds is 2. The molecule has 0 atom stereocenters. The van der Waals surface area contributed by atoms with Crippen LogP contribution in [0.2, 0.25) is 0 Å². The largest absolute Gasteiger partial charge is 0.271 e. The maximum absolute atomic E-state index is 5.24. The first-order valence-corrected chi connectivity index (χ1v) is 5.12. The minimum atomic E-state index is 0.706. The highest BCUT2D eigenvalue weighted by atomic mass is 32.1. The monoisotopic (exact) mass is 183 g/mol. The highest BCUT2D eigenvalue weighted by Gasteiger charge is 2.14. The van der Waals surface area contributed by atoms with Crippen molar-refractivity contribution in [2.45, 2.75) is 32.2 Å². The van der Waals surface area contributed by atoms with Gasteiger partial charge in [-0.3, -0.25) is 11.3 Å². The fourth-order valence-electron chi connectivity index (χ4n) is 1.57. The third-order valence-corrected chi connectivity index (χ3v) is 3.30. The molecule has 66 valence electrons. The molecule has 0 saturated heterocycles. The number of nitrogens with zero attached hydrogens (tertiary/aromatic N) is 1. The van der Waals surface area contributed by atoms with Crippen LogP contribution in [0.4, 0.5) is 0 Å². The third kappa shape index (κ3) is 1.50. The Morgan fingerprint density at radius 1 is 1.42 bits per heavy atom. The van der Waals surface area contributed by atoms with E-state index in [2.05, 4.69) is 10.4 Å². The minimum absolute atomic E-state index is 0.706. The van der Waals surface area contributed by atoms with E-state index in [0.717, 1.165) is 11.4 Å². The van der Waals surface area contributed by atoms with Crippen molar-refractivity contribution < 1.29 is 0 Å². The summed E-state index contributed by atoms with van der Waals surface area (Å²) in [4.78, 5) is 5.99. The van der Waals surface area contributed by atoms with Crippen molar-refractivity contribution in [1.29, 1.82) is 0 Å². The molecule has 1 aromatic rings. The van der Waals surface area contributed by atoms with Crippen molar-refractivity contribution in [3.8, 4) is 0 Å². The van der Waals surface area contributed by atoms with Crippen LogP contribution >= 0.6 is 11.3 Å². The van der Waals surface area contributed by atoms with E-state index in [9.17, 15) is 0 Å². The molecule has 0 fully saturated rings. The van der Waals surface area contributed by atoms with E-state index in [4.69, 9.17) is 5.84 Å². The number of aryl methyl sites for hydroxylation is 2. The number of aromatic nitrogens is 1. The predicted molar refractivity (Wildman–Crippen MR) is 49.8 cm³/mol. The molecule has 1 aliphatic rings. The first-order chi connectivity index (χ1) is 5.90. The molecule has 2 rings (SSSR count). The second-order valence-corrected chi connectivity index (χ2v) is 4.23. The van der Waals surface area contributed by atoms with Crippen molar-refractivity contribution in [1.82, 2.24) is 10.4 Å². The number of hydrazine groups is 1. The lowest BCUT2D eigenvalue weighted by Gasteiger charge is -2.06. The van der Waals surface area contributed by atoms with Crippen molar-refractivity contribution in [3.05, 3.63) is 15.6 Å². The van der Waals surface area contributed by atoms with E-state index in [1.807, 2.05) is 0 Å². The standard InChI is InChI=1S/C8H13N3S/c9-10-5-8-11-6-3-1-2-4-7(6)12-8/h10H,1-5,9H2. The Labute approximate surface area is 76.0 Å². The average molecular weight is 183 g/mol. The molecule has 0 aromatic carbocycles. The van der Waals surface area contributed by atoms with Gasteiger partial charge in [-0.15, -0.1) is 11.3 Å². The molecule has 3 N–H and O–H groups in total. The molecule has 0 radical (unpaired) electrons. The van der Waals surface area contributed by atoms with Crippen molar-refractivity contribution in [2.24, 2.45) is 5.84 Å².